The Morgan fingerprint density at radius 3 is 1.87 bits per heavy atom. The Morgan fingerprint density at radius 1 is 0.806 bits per heavy atom. The standard InChI is InChI=1S/C22H27N3O6/c1-13-7-6-8-14(2)20(13)25-19(27)12-23-18(26)11-24-22(28)15-9-16(29-3)21(31-5)17(10-15)30-4/h6-10H,11-12H2,1-5H3,(H,23,26)(H,24,28)(H,25,27). The van der Waals surface area contributed by atoms with Crippen LogP contribution in [0.3, 0.4) is 0 Å². The van der Waals surface area contributed by atoms with Crippen molar-refractivity contribution in [3.8, 4) is 17.2 Å². The predicted octanol–water partition coefficient (Wildman–Crippen LogP) is 1.81. The second-order valence-corrected chi connectivity index (χ2v) is 6.69. The van der Waals surface area contributed by atoms with Gasteiger partial charge >= 0.3 is 0 Å². The highest BCUT2D eigenvalue weighted by molar-refractivity contribution is 5.99. The number of carbonyl (C=O) groups is 3. The van der Waals surface area contributed by atoms with Crippen LogP contribution in [0.25, 0.3) is 0 Å². The van der Waals surface area contributed by atoms with E-state index in [2.05, 4.69) is 16.0 Å². The molecule has 0 bridgehead atoms. The molecule has 31 heavy (non-hydrogen) atoms. The highest BCUT2D eigenvalue weighted by Gasteiger charge is 2.17. The normalized spacial score (nSPS) is 10.1. The van der Waals surface area contributed by atoms with Crippen LogP contribution >= 0.6 is 0 Å². The Hall–Kier alpha value is -3.75. The Labute approximate surface area is 181 Å². The maximum absolute atomic E-state index is 12.4. The van der Waals surface area contributed by atoms with Gasteiger partial charge in [0.1, 0.15) is 0 Å². The third kappa shape index (κ3) is 6.11. The number of anilines is 1. The molecule has 3 amide bonds. The van der Waals surface area contributed by atoms with E-state index < -0.39 is 11.8 Å². The summed E-state index contributed by atoms with van der Waals surface area (Å²) in [5, 5.41) is 7.75. The average Bonchev–Trinajstić information content (AvgIpc) is 2.77. The van der Waals surface area contributed by atoms with Crippen molar-refractivity contribution in [2.45, 2.75) is 13.8 Å². The van der Waals surface area contributed by atoms with Gasteiger partial charge in [0, 0.05) is 11.3 Å². The van der Waals surface area contributed by atoms with E-state index in [1.165, 1.54) is 33.5 Å². The zero-order valence-electron chi connectivity index (χ0n) is 18.3. The van der Waals surface area contributed by atoms with Crippen LogP contribution in [0.1, 0.15) is 21.5 Å². The topological polar surface area (TPSA) is 115 Å². The minimum atomic E-state index is -0.505. The van der Waals surface area contributed by atoms with Gasteiger partial charge < -0.3 is 30.2 Å². The molecular weight excluding hydrogens is 402 g/mol. The second-order valence-electron chi connectivity index (χ2n) is 6.69. The van der Waals surface area contributed by atoms with Gasteiger partial charge in [-0.05, 0) is 37.1 Å². The molecule has 3 N–H and O–H groups in total. The molecule has 2 aromatic rings. The molecule has 0 aliphatic carbocycles. The van der Waals surface area contributed by atoms with Crippen molar-refractivity contribution in [3.63, 3.8) is 0 Å². The first kappa shape index (κ1) is 23.5. The lowest BCUT2D eigenvalue weighted by Crippen LogP contribution is -2.40. The van der Waals surface area contributed by atoms with E-state index in [1.54, 1.807) is 0 Å². The van der Waals surface area contributed by atoms with Gasteiger partial charge in [-0.1, -0.05) is 18.2 Å². The number of rotatable bonds is 9. The molecule has 2 aromatic carbocycles. The van der Waals surface area contributed by atoms with Crippen LogP contribution in [0, 0.1) is 13.8 Å². The smallest absolute Gasteiger partial charge is 0.251 e. The van der Waals surface area contributed by atoms with E-state index in [-0.39, 0.29) is 24.6 Å². The first-order valence-electron chi connectivity index (χ1n) is 9.51. The van der Waals surface area contributed by atoms with Gasteiger partial charge in [-0.15, -0.1) is 0 Å². The van der Waals surface area contributed by atoms with Crippen LogP contribution in [-0.4, -0.2) is 52.1 Å². The molecule has 166 valence electrons. The lowest BCUT2D eigenvalue weighted by Gasteiger charge is -2.14. The van der Waals surface area contributed by atoms with Gasteiger partial charge in [-0.3, -0.25) is 14.4 Å². The third-order valence-corrected chi connectivity index (χ3v) is 4.53. The fourth-order valence-corrected chi connectivity index (χ4v) is 2.91. The van der Waals surface area contributed by atoms with Gasteiger partial charge in [-0.2, -0.15) is 0 Å². The first-order valence-corrected chi connectivity index (χ1v) is 9.51. The van der Waals surface area contributed by atoms with Crippen molar-refractivity contribution in [2.24, 2.45) is 0 Å². The molecule has 9 heteroatoms. The fourth-order valence-electron chi connectivity index (χ4n) is 2.91. The summed E-state index contributed by atoms with van der Waals surface area (Å²) < 4.78 is 15.7. The molecule has 0 unspecified atom stereocenters. The van der Waals surface area contributed by atoms with E-state index in [9.17, 15) is 14.4 Å². The molecule has 2 rings (SSSR count). The van der Waals surface area contributed by atoms with Crippen LogP contribution < -0.4 is 30.2 Å². The van der Waals surface area contributed by atoms with Crippen LogP contribution in [0.15, 0.2) is 30.3 Å². The van der Waals surface area contributed by atoms with Gasteiger partial charge in [0.2, 0.25) is 17.6 Å². The van der Waals surface area contributed by atoms with Gasteiger partial charge in [-0.25, -0.2) is 0 Å². The highest BCUT2D eigenvalue weighted by atomic mass is 16.5. The summed E-state index contributed by atoms with van der Waals surface area (Å²) in [6.07, 6.45) is 0. The van der Waals surface area contributed by atoms with Crippen molar-refractivity contribution in [2.75, 3.05) is 39.7 Å². The molecule has 0 saturated heterocycles. The number of hydrogen-bond acceptors (Lipinski definition) is 6. The molecule has 0 heterocycles. The maximum atomic E-state index is 12.4. The molecule has 0 fully saturated rings. The highest BCUT2D eigenvalue weighted by Crippen LogP contribution is 2.38. The van der Waals surface area contributed by atoms with E-state index in [0.717, 1.165) is 16.8 Å². The van der Waals surface area contributed by atoms with Crippen molar-refractivity contribution in [1.82, 2.24) is 10.6 Å². The third-order valence-electron chi connectivity index (χ3n) is 4.53. The minimum Gasteiger partial charge on any atom is -0.493 e. The molecule has 0 spiro atoms. The van der Waals surface area contributed by atoms with Gasteiger partial charge in [0.15, 0.2) is 11.5 Å². The number of benzene rings is 2. The molecule has 0 aliphatic rings. The maximum Gasteiger partial charge on any atom is 0.251 e. The zero-order valence-corrected chi connectivity index (χ0v) is 18.3. The number of aryl methyl sites for hydroxylation is 2. The zero-order chi connectivity index (χ0) is 23.0. The average molecular weight is 429 g/mol. The fraction of sp³-hybridized carbons (Fsp3) is 0.318. The Balaban J connectivity index is 1.90. The number of hydrogen-bond donors (Lipinski definition) is 3. The van der Waals surface area contributed by atoms with Crippen molar-refractivity contribution in [1.29, 1.82) is 0 Å². The summed E-state index contributed by atoms with van der Waals surface area (Å²) in [4.78, 5) is 36.6. The summed E-state index contributed by atoms with van der Waals surface area (Å²) in [5.74, 6) is -0.373. The molecular formula is C22H27N3O6. The summed E-state index contributed by atoms with van der Waals surface area (Å²) in [6, 6.07) is 8.64. The first-order chi connectivity index (χ1) is 14.8. The Bertz CT molecular complexity index is 928. The Kier molecular flexibility index (Phi) is 8.25. The van der Waals surface area contributed by atoms with E-state index in [1.807, 2.05) is 32.0 Å². The van der Waals surface area contributed by atoms with Crippen LogP contribution in [0.5, 0.6) is 17.2 Å². The number of nitrogens with one attached hydrogen (secondary N) is 3. The van der Waals surface area contributed by atoms with Crippen molar-refractivity contribution in [3.05, 3.63) is 47.0 Å². The van der Waals surface area contributed by atoms with E-state index in [0.29, 0.717) is 17.2 Å². The largest absolute Gasteiger partial charge is 0.493 e. The molecule has 0 aromatic heterocycles. The van der Waals surface area contributed by atoms with Gasteiger partial charge in [0.25, 0.3) is 5.91 Å². The van der Waals surface area contributed by atoms with Crippen molar-refractivity contribution >= 4 is 23.4 Å². The number of para-hydroxylation sites is 1. The lowest BCUT2D eigenvalue weighted by atomic mass is 10.1. The van der Waals surface area contributed by atoms with Crippen molar-refractivity contribution < 1.29 is 28.6 Å². The quantitative estimate of drug-likeness (QED) is 0.560. The number of amides is 3. The molecule has 9 nitrogen and oxygen atoms in total. The predicted molar refractivity (Wildman–Crippen MR) is 116 cm³/mol. The second kappa shape index (κ2) is 10.9. The van der Waals surface area contributed by atoms with Crippen LogP contribution in [-0.2, 0) is 9.59 Å². The molecule has 0 aliphatic heterocycles. The van der Waals surface area contributed by atoms with Crippen LogP contribution in [0.4, 0.5) is 5.69 Å². The summed E-state index contributed by atoms with van der Waals surface area (Å²) in [5.41, 5.74) is 2.81. The number of carbonyl (C=O) groups excluding carboxylic acids is 3. The van der Waals surface area contributed by atoms with E-state index >= 15 is 0 Å². The minimum absolute atomic E-state index is 0.216. The SMILES string of the molecule is COc1cc(C(=O)NCC(=O)NCC(=O)Nc2c(C)cccc2C)cc(OC)c1OC. The molecule has 0 saturated carbocycles. The number of methoxy groups -OCH3 is 3. The lowest BCUT2D eigenvalue weighted by molar-refractivity contribution is -0.123. The monoisotopic (exact) mass is 429 g/mol. The van der Waals surface area contributed by atoms with Gasteiger partial charge in [0.05, 0.1) is 34.4 Å². The van der Waals surface area contributed by atoms with Crippen LogP contribution in [0.2, 0.25) is 0 Å². The van der Waals surface area contributed by atoms with E-state index in [4.69, 9.17) is 14.2 Å². The summed E-state index contributed by atoms with van der Waals surface area (Å²) >= 11 is 0. The summed E-state index contributed by atoms with van der Waals surface area (Å²) in [6.45, 7) is 3.26. The molecule has 0 radical (unpaired) electrons. The summed E-state index contributed by atoms with van der Waals surface area (Å²) in [7, 11) is 4.34. The Morgan fingerprint density at radius 2 is 1.35 bits per heavy atom. The molecule has 0 atom stereocenters. The number of ether oxygens (including phenoxy) is 3.